The number of nitriles is 1. The van der Waals surface area contributed by atoms with Crippen molar-refractivity contribution in [2.45, 2.75) is 26.4 Å². The highest BCUT2D eigenvalue weighted by atomic mass is 35.5. The van der Waals surface area contributed by atoms with Crippen LogP contribution in [0.15, 0.2) is 18.2 Å². The van der Waals surface area contributed by atoms with Gasteiger partial charge >= 0.3 is 0 Å². The van der Waals surface area contributed by atoms with Gasteiger partial charge in [-0.2, -0.15) is 5.26 Å². The monoisotopic (exact) mass is 238 g/mol. The molecular weight excluding hydrogens is 224 g/mol. The first-order valence-electron chi connectivity index (χ1n) is 5.15. The van der Waals surface area contributed by atoms with E-state index in [2.05, 4.69) is 19.2 Å². The normalized spacial score (nSPS) is 10.2. The predicted molar refractivity (Wildman–Crippen MR) is 64.5 cm³/mol. The Labute approximate surface area is 101 Å². The van der Waals surface area contributed by atoms with Gasteiger partial charge in [0.15, 0.2) is 6.61 Å². The highest BCUT2D eigenvalue weighted by Gasteiger charge is 2.08. The van der Waals surface area contributed by atoms with Crippen LogP contribution in [0.1, 0.15) is 19.4 Å². The number of nitrogens with zero attached hydrogens (tertiary/aromatic N) is 1. The van der Waals surface area contributed by atoms with E-state index in [-0.39, 0.29) is 6.61 Å². The molecule has 0 aromatic heterocycles. The topological polar surface area (TPSA) is 45.0 Å². The lowest BCUT2D eigenvalue weighted by Gasteiger charge is -2.13. The zero-order valence-corrected chi connectivity index (χ0v) is 10.2. The van der Waals surface area contributed by atoms with Crippen molar-refractivity contribution in [3.05, 3.63) is 28.8 Å². The van der Waals surface area contributed by atoms with E-state index in [0.717, 1.165) is 5.56 Å². The molecule has 3 nitrogen and oxygen atoms in total. The summed E-state index contributed by atoms with van der Waals surface area (Å²) in [4.78, 5) is 0. The quantitative estimate of drug-likeness (QED) is 0.858. The molecule has 0 aliphatic rings. The van der Waals surface area contributed by atoms with Crippen molar-refractivity contribution in [1.29, 1.82) is 5.26 Å². The van der Waals surface area contributed by atoms with Gasteiger partial charge < -0.3 is 10.1 Å². The number of hydrogen-bond acceptors (Lipinski definition) is 3. The first-order chi connectivity index (χ1) is 7.65. The molecule has 0 radical (unpaired) electrons. The molecule has 0 saturated carbocycles. The molecule has 0 unspecified atom stereocenters. The van der Waals surface area contributed by atoms with E-state index in [1.165, 1.54) is 0 Å². The van der Waals surface area contributed by atoms with Crippen LogP contribution in [0.3, 0.4) is 0 Å². The lowest BCUT2D eigenvalue weighted by molar-refractivity contribution is 0.362. The first kappa shape index (κ1) is 12.8. The van der Waals surface area contributed by atoms with E-state index in [4.69, 9.17) is 21.6 Å². The third-order valence-corrected chi connectivity index (χ3v) is 2.41. The standard InChI is InChI=1S/C12H15ClN2O/c1-9(2)15-8-10-11(13)4-3-5-12(10)16-7-6-14/h3-5,9,15H,7-8H2,1-2H3. The Morgan fingerprint density at radius 3 is 2.88 bits per heavy atom. The minimum absolute atomic E-state index is 0.0367. The van der Waals surface area contributed by atoms with E-state index in [1.807, 2.05) is 24.3 Å². The lowest BCUT2D eigenvalue weighted by atomic mass is 10.2. The average molecular weight is 239 g/mol. The lowest BCUT2D eigenvalue weighted by Crippen LogP contribution is -2.22. The van der Waals surface area contributed by atoms with Crippen LogP contribution in [0.4, 0.5) is 0 Å². The summed E-state index contributed by atoms with van der Waals surface area (Å²) < 4.78 is 5.31. The van der Waals surface area contributed by atoms with E-state index in [1.54, 1.807) is 0 Å². The Bertz CT molecular complexity index is 385. The third kappa shape index (κ3) is 3.73. The zero-order valence-electron chi connectivity index (χ0n) is 9.46. The summed E-state index contributed by atoms with van der Waals surface area (Å²) >= 11 is 6.09. The van der Waals surface area contributed by atoms with Gasteiger partial charge in [-0.25, -0.2) is 0 Å². The predicted octanol–water partition coefficient (Wildman–Crippen LogP) is 2.74. The second-order valence-corrected chi connectivity index (χ2v) is 4.11. The Balaban J connectivity index is 2.82. The molecule has 86 valence electrons. The van der Waals surface area contributed by atoms with Crippen LogP contribution in [0.5, 0.6) is 5.75 Å². The van der Waals surface area contributed by atoms with Crippen LogP contribution in [0, 0.1) is 11.3 Å². The first-order valence-corrected chi connectivity index (χ1v) is 5.53. The molecular formula is C12H15ClN2O. The maximum Gasteiger partial charge on any atom is 0.174 e. The van der Waals surface area contributed by atoms with Crippen LogP contribution in [-0.2, 0) is 6.54 Å². The van der Waals surface area contributed by atoms with Gasteiger partial charge in [-0.1, -0.05) is 31.5 Å². The molecule has 0 aliphatic carbocycles. The highest BCUT2D eigenvalue weighted by Crippen LogP contribution is 2.26. The Kier molecular flexibility index (Phi) is 5.10. The molecule has 0 heterocycles. The molecule has 1 aromatic carbocycles. The maximum atomic E-state index is 8.48. The number of hydrogen-bond donors (Lipinski definition) is 1. The van der Waals surface area contributed by atoms with Gasteiger partial charge in [0.25, 0.3) is 0 Å². The fourth-order valence-electron chi connectivity index (χ4n) is 1.26. The fourth-order valence-corrected chi connectivity index (χ4v) is 1.49. The summed E-state index contributed by atoms with van der Waals surface area (Å²) in [6, 6.07) is 7.77. The SMILES string of the molecule is CC(C)NCc1c(Cl)cccc1OCC#N. The second-order valence-electron chi connectivity index (χ2n) is 3.70. The summed E-state index contributed by atoms with van der Waals surface area (Å²) in [7, 11) is 0. The molecule has 0 amide bonds. The van der Waals surface area contributed by atoms with E-state index in [0.29, 0.717) is 23.4 Å². The molecule has 1 aromatic rings. The smallest absolute Gasteiger partial charge is 0.174 e. The Hall–Kier alpha value is -1.24. The van der Waals surface area contributed by atoms with Crippen molar-refractivity contribution in [1.82, 2.24) is 5.32 Å². The summed E-state index contributed by atoms with van der Waals surface area (Å²) in [6.07, 6.45) is 0. The molecule has 0 spiro atoms. The maximum absolute atomic E-state index is 8.48. The average Bonchev–Trinajstić information content (AvgIpc) is 2.24. The van der Waals surface area contributed by atoms with Crippen LogP contribution in [-0.4, -0.2) is 12.6 Å². The van der Waals surface area contributed by atoms with Crippen LogP contribution >= 0.6 is 11.6 Å². The summed E-state index contributed by atoms with van der Waals surface area (Å²) in [5.41, 5.74) is 0.896. The summed E-state index contributed by atoms with van der Waals surface area (Å²) in [5, 5.41) is 12.4. The second kappa shape index (κ2) is 6.37. The van der Waals surface area contributed by atoms with Crippen molar-refractivity contribution >= 4 is 11.6 Å². The zero-order chi connectivity index (χ0) is 12.0. The number of halogens is 1. The number of nitrogens with one attached hydrogen (secondary N) is 1. The molecule has 1 N–H and O–H groups in total. The Morgan fingerprint density at radius 1 is 1.50 bits per heavy atom. The van der Waals surface area contributed by atoms with Crippen molar-refractivity contribution < 1.29 is 4.74 Å². The van der Waals surface area contributed by atoms with Gasteiger partial charge in [0, 0.05) is 23.2 Å². The molecule has 0 saturated heterocycles. The van der Waals surface area contributed by atoms with Gasteiger partial charge in [0.05, 0.1) is 0 Å². The van der Waals surface area contributed by atoms with Gasteiger partial charge in [-0.3, -0.25) is 0 Å². The van der Waals surface area contributed by atoms with Crippen LogP contribution in [0.25, 0.3) is 0 Å². The van der Waals surface area contributed by atoms with Gasteiger partial charge in [-0.15, -0.1) is 0 Å². The number of ether oxygens (including phenoxy) is 1. The largest absolute Gasteiger partial charge is 0.478 e. The number of benzene rings is 1. The van der Waals surface area contributed by atoms with E-state index >= 15 is 0 Å². The molecule has 0 bridgehead atoms. The molecule has 0 atom stereocenters. The minimum atomic E-state index is 0.0367. The molecule has 4 heteroatoms. The van der Waals surface area contributed by atoms with Gasteiger partial charge in [0.2, 0.25) is 0 Å². The van der Waals surface area contributed by atoms with Crippen LogP contribution < -0.4 is 10.1 Å². The van der Waals surface area contributed by atoms with E-state index < -0.39 is 0 Å². The van der Waals surface area contributed by atoms with Crippen molar-refractivity contribution in [3.8, 4) is 11.8 Å². The van der Waals surface area contributed by atoms with Gasteiger partial charge in [-0.05, 0) is 12.1 Å². The molecule has 16 heavy (non-hydrogen) atoms. The van der Waals surface area contributed by atoms with Crippen molar-refractivity contribution in [3.63, 3.8) is 0 Å². The third-order valence-electron chi connectivity index (χ3n) is 2.06. The van der Waals surface area contributed by atoms with E-state index in [9.17, 15) is 0 Å². The molecule has 0 fully saturated rings. The summed E-state index contributed by atoms with van der Waals surface area (Å²) in [5.74, 6) is 0.669. The minimum Gasteiger partial charge on any atom is -0.478 e. The Morgan fingerprint density at radius 2 is 2.25 bits per heavy atom. The van der Waals surface area contributed by atoms with Crippen LogP contribution in [0.2, 0.25) is 5.02 Å². The molecule has 1 rings (SSSR count). The van der Waals surface area contributed by atoms with Crippen molar-refractivity contribution in [2.24, 2.45) is 0 Å². The van der Waals surface area contributed by atoms with Crippen molar-refractivity contribution in [2.75, 3.05) is 6.61 Å². The molecule has 0 aliphatic heterocycles. The highest BCUT2D eigenvalue weighted by molar-refractivity contribution is 6.31. The van der Waals surface area contributed by atoms with Gasteiger partial charge in [0.1, 0.15) is 11.8 Å². The summed E-state index contributed by atoms with van der Waals surface area (Å²) in [6.45, 7) is 4.80. The fraction of sp³-hybridized carbons (Fsp3) is 0.417. The number of rotatable bonds is 5.